The van der Waals surface area contributed by atoms with Crippen LogP contribution in [0.2, 0.25) is 0 Å². The van der Waals surface area contributed by atoms with Crippen molar-refractivity contribution in [1.82, 2.24) is 20.3 Å². The lowest BCUT2D eigenvalue weighted by atomic mass is 10.1. The molecule has 0 fully saturated rings. The van der Waals surface area contributed by atoms with Gasteiger partial charge in [0.1, 0.15) is 5.69 Å². The Hall–Kier alpha value is -2.99. The second kappa shape index (κ2) is 7.72. The average Bonchev–Trinajstić information content (AvgIpc) is 3.05. The minimum atomic E-state index is -0.586. The lowest BCUT2D eigenvalue weighted by molar-refractivity contribution is -0.120. The fourth-order valence-corrected chi connectivity index (χ4v) is 2.54. The molecular weight excluding hydrogens is 316 g/mol. The molecule has 0 aliphatic rings. The lowest BCUT2D eigenvalue weighted by Gasteiger charge is -2.09. The number of aliphatic hydroxyl groups is 1. The topological polar surface area (TPSA) is 80.0 Å². The van der Waals surface area contributed by atoms with Crippen LogP contribution < -0.4 is 5.32 Å². The smallest absolute Gasteiger partial charge is 0.226 e. The van der Waals surface area contributed by atoms with Gasteiger partial charge in [0, 0.05) is 12.1 Å². The quantitative estimate of drug-likeness (QED) is 0.721. The highest BCUT2D eigenvalue weighted by Crippen LogP contribution is 2.25. The zero-order valence-corrected chi connectivity index (χ0v) is 14.0. The van der Waals surface area contributed by atoms with E-state index in [-0.39, 0.29) is 18.9 Å². The van der Waals surface area contributed by atoms with Crippen LogP contribution in [0.3, 0.4) is 0 Å². The number of hydrogen-bond acceptors (Lipinski definition) is 4. The third-order valence-corrected chi connectivity index (χ3v) is 3.71. The third kappa shape index (κ3) is 4.10. The van der Waals surface area contributed by atoms with E-state index >= 15 is 0 Å². The molecule has 1 aromatic heterocycles. The van der Waals surface area contributed by atoms with Gasteiger partial charge in [0.05, 0.1) is 23.9 Å². The van der Waals surface area contributed by atoms with Gasteiger partial charge in [0.2, 0.25) is 5.91 Å². The van der Waals surface area contributed by atoms with Gasteiger partial charge >= 0.3 is 0 Å². The standard InChI is InChI=1S/C19H20N4O2/c1-14(24)13-20-18(25)12-17-19(15-8-4-2-5-9-15)23(22-21-17)16-10-6-3-7-11-16/h2-11,14,24H,12-13H2,1H3,(H,20,25). The van der Waals surface area contributed by atoms with Crippen LogP contribution in [-0.2, 0) is 11.2 Å². The summed E-state index contributed by atoms with van der Waals surface area (Å²) in [5, 5.41) is 20.5. The van der Waals surface area contributed by atoms with Gasteiger partial charge in [-0.25, -0.2) is 4.68 Å². The van der Waals surface area contributed by atoms with Gasteiger partial charge < -0.3 is 10.4 Å². The molecule has 1 atom stereocenters. The molecule has 1 amide bonds. The number of nitrogens with one attached hydrogen (secondary N) is 1. The van der Waals surface area contributed by atoms with Gasteiger partial charge in [-0.2, -0.15) is 0 Å². The fourth-order valence-electron chi connectivity index (χ4n) is 2.54. The first kappa shape index (κ1) is 16.9. The number of carbonyl (C=O) groups excluding carboxylic acids is 1. The molecule has 1 unspecified atom stereocenters. The number of para-hydroxylation sites is 1. The zero-order chi connectivity index (χ0) is 17.6. The van der Waals surface area contributed by atoms with E-state index in [2.05, 4.69) is 15.6 Å². The minimum Gasteiger partial charge on any atom is -0.392 e. The van der Waals surface area contributed by atoms with Crippen molar-refractivity contribution >= 4 is 5.91 Å². The van der Waals surface area contributed by atoms with Crippen molar-refractivity contribution < 1.29 is 9.90 Å². The second-order valence-electron chi connectivity index (χ2n) is 5.83. The van der Waals surface area contributed by atoms with Gasteiger partial charge in [-0.3, -0.25) is 4.79 Å². The molecule has 0 bridgehead atoms. The van der Waals surface area contributed by atoms with Crippen LogP contribution in [0.5, 0.6) is 0 Å². The van der Waals surface area contributed by atoms with Crippen molar-refractivity contribution in [3.05, 3.63) is 66.4 Å². The summed E-state index contributed by atoms with van der Waals surface area (Å²) in [6.07, 6.45) is -0.485. The maximum absolute atomic E-state index is 12.1. The van der Waals surface area contributed by atoms with Gasteiger partial charge in [-0.05, 0) is 19.1 Å². The van der Waals surface area contributed by atoms with Crippen LogP contribution in [0.1, 0.15) is 12.6 Å². The molecule has 0 saturated carbocycles. The van der Waals surface area contributed by atoms with Crippen LogP contribution in [0.25, 0.3) is 16.9 Å². The van der Waals surface area contributed by atoms with E-state index in [9.17, 15) is 9.90 Å². The molecule has 2 aromatic carbocycles. The summed E-state index contributed by atoms with van der Waals surface area (Å²) in [5.74, 6) is -0.196. The van der Waals surface area contributed by atoms with Gasteiger partial charge in [-0.1, -0.05) is 53.7 Å². The predicted octanol–water partition coefficient (Wildman–Crippen LogP) is 1.97. The lowest BCUT2D eigenvalue weighted by Crippen LogP contribution is -2.31. The number of aliphatic hydroxyl groups excluding tert-OH is 1. The Labute approximate surface area is 146 Å². The maximum atomic E-state index is 12.1. The Morgan fingerprint density at radius 3 is 2.40 bits per heavy atom. The second-order valence-corrected chi connectivity index (χ2v) is 5.83. The first-order valence-corrected chi connectivity index (χ1v) is 8.15. The largest absolute Gasteiger partial charge is 0.392 e. The van der Waals surface area contributed by atoms with E-state index in [0.29, 0.717) is 5.69 Å². The number of amides is 1. The predicted molar refractivity (Wildman–Crippen MR) is 95.2 cm³/mol. The Balaban J connectivity index is 1.96. The Kier molecular flexibility index (Phi) is 5.20. The molecule has 6 nitrogen and oxygen atoms in total. The normalized spacial score (nSPS) is 11.9. The van der Waals surface area contributed by atoms with Crippen LogP contribution in [0, 0.1) is 0 Å². The summed E-state index contributed by atoms with van der Waals surface area (Å²) in [7, 11) is 0. The van der Waals surface area contributed by atoms with Crippen molar-refractivity contribution in [2.24, 2.45) is 0 Å². The number of carbonyl (C=O) groups is 1. The van der Waals surface area contributed by atoms with Gasteiger partial charge in [0.25, 0.3) is 0 Å². The number of rotatable bonds is 6. The summed E-state index contributed by atoms with van der Waals surface area (Å²) in [6.45, 7) is 1.84. The van der Waals surface area contributed by atoms with Crippen LogP contribution in [-0.4, -0.2) is 38.7 Å². The summed E-state index contributed by atoms with van der Waals surface area (Å²) in [5.41, 5.74) is 3.20. The summed E-state index contributed by atoms with van der Waals surface area (Å²) < 4.78 is 1.74. The van der Waals surface area contributed by atoms with Crippen LogP contribution >= 0.6 is 0 Å². The Morgan fingerprint density at radius 2 is 1.76 bits per heavy atom. The van der Waals surface area contributed by atoms with Gasteiger partial charge in [-0.15, -0.1) is 5.10 Å². The molecule has 0 spiro atoms. The summed E-state index contributed by atoms with van der Waals surface area (Å²) in [6, 6.07) is 19.4. The van der Waals surface area contributed by atoms with Crippen molar-refractivity contribution in [3.8, 4) is 16.9 Å². The van der Waals surface area contributed by atoms with Crippen molar-refractivity contribution in [2.75, 3.05) is 6.54 Å². The van der Waals surface area contributed by atoms with Crippen molar-refractivity contribution in [2.45, 2.75) is 19.4 Å². The SMILES string of the molecule is CC(O)CNC(=O)Cc1nnn(-c2ccccc2)c1-c1ccccc1. The molecule has 128 valence electrons. The monoisotopic (exact) mass is 336 g/mol. The number of aromatic nitrogens is 3. The molecule has 25 heavy (non-hydrogen) atoms. The summed E-state index contributed by atoms with van der Waals surface area (Å²) >= 11 is 0. The molecule has 2 N–H and O–H groups in total. The van der Waals surface area contributed by atoms with E-state index < -0.39 is 6.10 Å². The molecule has 1 heterocycles. The molecule has 0 radical (unpaired) electrons. The van der Waals surface area contributed by atoms with E-state index in [1.807, 2.05) is 60.7 Å². The van der Waals surface area contributed by atoms with Crippen LogP contribution in [0.15, 0.2) is 60.7 Å². The molecule has 3 rings (SSSR count). The highest BCUT2D eigenvalue weighted by molar-refractivity contribution is 5.80. The zero-order valence-electron chi connectivity index (χ0n) is 14.0. The Morgan fingerprint density at radius 1 is 1.12 bits per heavy atom. The highest BCUT2D eigenvalue weighted by Gasteiger charge is 2.18. The Bertz CT molecular complexity index is 829. The first-order chi connectivity index (χ1) is 12.1. The van der Waals surface area contributed by atoms with E-state index in [1.165, 1.54) is 0 Å². The van der Waals surface area contributed by atoms with Crippen molar-refractivity contribution in [1.29, 1.82) is 0 Å². The highest BCUT2D eigenvalue weighted by atomic mass is 16.3. The molecule has 6 heteroatoms. The fraction of sp³-hybridized carbons (Fsp3) is 0.211. The first-order valence-electron chi connectivity index (χ1n) is 8.15. The number of benzene rings is 2. The van der Waals surface area contributed by atoms with Crippen LogP contribution in [0.4, 0.5) is 0 Å². The minimum absolute atomic E-state index is 0.101. The van der Waals surface area contributed by atoms with Gasteiger partial charge in [0.15, 0.2) is 0 Å². The number of nitrogens with zero attached hydrogens (tertiary/aromatic N) is 3. The molecule has 0 aliphatic carbocycles. The third-order valence-electron chi connectivity index (χ3n) is 3.71. The molecule has 0 aliphatic heterocycles. The summed E-state index contributed by atoms with van der Waals surface area (Å²) in [4.78, 5) is 12.1. The average molecular weight is 336 g/mol. The van der Waals surface area contributed by atoms with E-state index in [1.54, 1.807) is 11.6 Å². The van der Waals surface area contributed by atoms with E-state index in [4.69, 9.17) is 0 Å². The number of hydrogen-bond donors (Lipinski definition) is 2. The van der Waals surface area contributed by atoms with Crippen molar-refractivity contribution in [3.63, 3.8) is 0 Å². The van der Waals surface area contributed by atoms with E-state index in [0.717, 1.165) is 16.9 Å². The molecular formula is C19H20N4O2. The molecule has 3 aromatic rings. The molecule has 0 saturated heterocycles. The maximum Gasteiger partial charge on any atom is 0.226 e.